The van der Waals surface area contributed by atoms with Crippen molar-refractivity contribution in [1.82, 2.24) is 4.31 Å². The van der Waals surface area contributed by atoms with E-state index in [1.807, 2.05) is 6.92 Å². The molecule has 0 N–H and O–H groups in total. The van der Waals surface area contributed by atoms with Gasteiger partial charge in [0.15, 0.2) is 0 Å². The van der Waals surface area contributed by atoms with Crippen molar-refractivity contribution in [3.63, 3.8) is 0 Å². The van der Waals surface area contributed by atoms with Crippen molar-refractivity contribution in [2.24, 2.45) is 5.92 Å². The minimum atomic E-state index is -4.28. The summed E-state index contributed by atoms with van der Waals surface area (Å²) in [6.07, 6.45) is -4.18. The maximum Gasteiger partial charge on any atom is 0.389 e. The van der Waals surface area contributed by atoms with Crippen LogP contribution < -0.4 is 0 Å². The molecule has 1 atom stereocenters. The summed E-state index contributed by atoms with van der Waals surface area (Å²) < 4.78 is 61.1. The molecule has 1 fully saturated rings. The van der Waals surface area contributed by atoms with Gasteiger partial charge in [-0.05, 0) is 25.2 Å². The molecule has 114 valence electrons. The average molecular weight is 366 g/mol. The van der Waals surface area contributed by atoms with Gasteiger partial charge in [-0.2, -0.15) is 13.2 Å². The first kappa shape index (κ1) is 17.2. The Hall–Kier alpha value is 0.180. The molecule has 0 spiro atoms. The van der Waals surface area contributed by atoms with Crippen molar-refractivity contribution in [1.29, 1.82) is 0 Å². The summed E-state index contributed by atoms with van der Waals surface area (Å²) in [5.41, 5.74) is 0. The van der Waals surface area contributed by atoms with Gasteiger partial charge in [0.1, 0.15) is 0 Å². The maximum absolute atomic E-state index is 12.0. The molecule has 1 saturated heterocycles. The van der Waals surface area contributed by atoms with Gasteiger partial charge in [0, 0.05) is 24.3 Å². The molecule has 1 rings (SSSR count). The van der Waals surface area contributed by atoms with E-state index < -0.39 is 28.4 Å². The zero-order valence-electron chi connectivity index (χ0n) is 10.8. The number of hydrogen-bond donors (Lipinski definition) is 0. The average Bonchev–Trinajstić information content (AvgIpc) is 2.27. The Bertz CT molecular complexity index is 376. The molecule has 3 nitrogen and oxygen atoms in total. The third-order valence-electron chi connectivity index (χ3n) is 3.40. The highest BCUT2D eigenvalue weighted by atomic mass is 79.9. The molecule has 0 aliphatic carbocycles. The van der Waals surface area contributed by atoms with E-state index in [0.717, 1.165) is 12.8 Å². The fourth-order valence-electron chi connectivity index (χ4n) is 2.20. The third kappa shape index (κ3) is 5.99. The lowest BCUT2D eigenvalue weighted by atomic mass is 9.96. The second-order valence-corrected chi connectivity index (χ2v) is 8.48. The highest BCUT2D eigenvalue weighted by Crippen LogP contribution is 2.27. The fraction of sp³-hybridized carbons (Fsp3) is 1.00. The van der Waals surface area contributed by atoms with Gasteiger partial charge in [0.05, 0.1) is 5.75 Å². The smallest absolute Gasteiger partial charge is 0.212 e. The van der Waals surface area contributed by atoms with Crippen LogP contribution in [0.2, 0.25) is 0 Å². The quantitative estimate of drug-likeness (QED) is 0.701. The monoisotopic (exact) mass is 365 g/mol. The molecular formula is C11H19BrF3NO2S. The van der Waals surface area contributed by atoms with E-state index in [0.29, 0.717) is 23.8 Å². The van der Waals surface area contributed by atoms with E-state index >= 15 is 0 Å². The molecule has 19 heavy (non-hydrogen) atoms. The summed E-state index contributed by atoms with van der Waals surface area (Å²) >= 11 is 3.48. The molecule has 1 unspecified atom stereocenters. The lowest BCUT2D eigenvalue weighted by molar-refractivity contribution is -0.134. The van der Waals surface area contributed by atoms with E-state index in [2.05, 4.69) is 15.9 Å². The van der Waals surface area contributed by atoms with E-state index in [9.17, 15) is 21.6 Å². The van der Waals surface area contributed by atoms with E-state index in [1.54, 1.807) is 0 Å². The van der Waals surface area contributed by atoms with Gasteiger partial charge < -0.3 is 0 Å². The van der Waals surface area contributed by atoms with Crippen molar-refractivity contribution in [2.45, 2.75) is 43.6 Å². The van der Waals surface area contributed by atoms with Crippen molar-refractivity contribution < 1.29 is 21.6 Å². The van der Waals surface area contributed by atoms with Gasteiger partial charge in [-0.1, -0.05) is 22.9 Å². The lowest BCUT2D eigenvalue weighted by Gasteiger charge is -2.32. The number of alkyl halides is 4. The van der Waals surface area contributed by atoms with E-state index in [4.69, 9.17) is 0 Å². The van der Waals surface area contributed by atoms with Gasteiger partial charge in [-0.3, -0.25) is 0 Å². The van der Waals surface area contributed by atoms with Crippen molar-refractivity contribution in [2.75, 3.05) is 18.8 Å². The summed E-state index contributed by atoms with van der Waals surface area (Å²) in [4.78, 5) is 0.336. The Kier molecular flexibility index (Phi) is 6.13. The summed E-state index contributed by atoms with van der Waals surface area (Å²) in [6.45, 7) is 2.85. The van der Waals surface area contributed by atoms with Crippen LogP contribution in [0.5, 0.6) is 0 Å². The molecule has 0 radical (unpaired) electrons. The molecule has 1 aliphatic heterocycles. The molecule has 0 saturated carbocycles. The first-order valence-corrected chi connectivity index (χ1v) is 8.83. The predicted molar refractivity (Wildman–Crippen MR) is 71.8 cm³/mol. The molecule has 8 heteroatoms. The van der Waals surface area contributed by atoms with Crippen LogP contribution in [-0.2, 0) is 10.0 Å². The number of rotatable bonds is 5. The summed E-state index contributed by atoms with van der Waals surface area (Å²) in [5.74, 6) is 0.0164. The Morgan fingerprint density at radius 2 is 1.84 bits per heavy atom. The van der Waals surface area contributed by atoms with Crippen molar-refractivity contribution in [3.8, 4) is 0 Å². The molecule has 1 aliphatic rings. The van der Waals surface area contributed by atoms with E-state index in [-0.39, 0.29) is 6.42 Å². The Labute approximate surface area is 120 Å². The highest BCUT2D eigenvalue weighted by molar-refractivity contribution is 9.09. The summed E-state index contributed by atoms with van der Waals surface area (Å²) in [5, 5.41) is 0. The van der Waals surface area contributed by atoms with Gasteiger partial charge >= 0.3 is 6.18 Å². The minimum Gasteiger partial charge on any atom is -0.212 e. The van der Waals surface area contributed by atoms with Crippen LogP contribution in [0, 0.1) is 5.92 Å². The first-order valence-electron chi connectivity index (χ1n) is 6.30. The van der Waals surface area contributed by atoms with Crippen molar-refractivity contribution in [3.05, 3.63) is 0 Å². The van der Waals surface area contributed by atoms with Gasteiger partial charge in [-0.15, -0.1) is 0 Å². The molecule has 0 bridgehead atoms. The van der Waals surface area contributed by atoms with Crippen LogP contribution in [0.3, 0.4) is 0 Å². The number of hydrogen-bond acceptors (Lipinski definition) is 2. The van der Waals surface area contributed by atoms with Crippen LogP contribution in [-0.4, -0.2) is 42.6 Å². The van der Waals surface area contributed by atoms with Crippen LogP contribution in [0.1, 0.15) is 32.6 Å². The number of piperidine rings is 1. The normalized spacial score (nSPS) is 21.5. The van der Waals surface area contributed by atoms with Crippen molar-refractivity contribution >= 4 is 26.0 Å². The summed E-state index contributed by atoms with van der Waals surface area (Å²) in [7, 11) is -3.54. The molecular weight excluding hydrogens is 347 g/mol. The number of halogens is 4. The van der Waals surface area contributed by atoms with Gasteiger partial charge in [-0.25, -0.2) is 12.7 Å². The van der Waals surface area contributed by atoms with Crippen LogP contribution in [0.15, 0.2) is 0 Å². The van der Waals surface area contributed by atoms with Gasteiger partial charge in [0.2, 0.25) is 10.0 Å². The second-order valence-electron chi connectivity index (χ2n) is 4.95. The lowest BCUT2D eigenvalue weighted by Crippen LogP contribution is -2.41. The molecule has 0 aromatic carbocycles. The molecule has 1 heterocycles. The highest BCUT2D eigenvalue weighted by Gasteiger charge is 2.31. The van der Waals surface area contributed by atoms with Crippen LogP contribution in [0.4, 0.5) is 13.2 Å². The maximum atomic E-state index is 12.0. The standard InChI is InChI=1S/C11H19BrF3NO2S/c1-9(12)10-3-6-16(7-4-10)19(17,18)8-2-5-11(13,14)15/h9-10H,2-8H2,1H3. The minimum absolute atomic E-state index is 0.336. The topological polar surface area (TPSA) is 37.4 Å². The number of nitrogens with zero attached hydrogens (tertiary/aromatic N) is 1. The Balaban J connectivity index is 2.42. The van der Waals surface area contributed by atoms with Crippen LogP contribution in [0.25, 0.3) is 0 Å². The second kappa shape index (κ2) is 6.76. The van der Waals surface area contributed by atoms with Crippen LogP contribution >= 0.6 is 15.9 Å². The Morgan fingerprint density at radius 3 is 2.26 bits per heavy atom. The Morgan fingerprint density at radius 1 is 1.32 bits per heavy atom. The first-order chi connectivity index (χ1) is 8.62. The third-order valence-corrected chi connectivity index (χ3v) is 6.11. The fourth-order valence-corrected chi connectivity index (χ4v) is 4.26. The summed E-state index contributed by atoms with van der Waals surface area (Å²) in [6, 6.07) is 0. The zero-order chi connectivity index (χ0) is 14.7. The van der Waals surface area contributed by atoms with E-state index in [1.165, 1.54) is 4.31 Å². The predicted octanol–water partition coefficient (Wildman–Crippen LogP) is 3.15. The zero-order valence-corrected chi connectivity index (χ0v) is 13.2. The molecule has 0 aromatic rings. The SMILES string of the molecule is CC(Br)C1CCN(S(=O)(=O)CCCC(F)(F)F)CC1. The largest absolute Gasteiger partial charge is 0.389 e. The number of sulfonamides is 1. The molecule has 0 amide bonds. The van der Waals surface area contributed by atoms with Gasteiger partial charge in [0.25, 0.3) is 0 Å². The molecule has 0 aromatic heterocycles.